The number of carbonyl (C=O) groups excluding carboxylic acids is 1. The van der Waals surface area contributed by atoms with Gasteiger partial charge < -0.3 is 15.4 Å². The molecule has 3 rings (SSSR count). The van der Waals surface area contributed by atoms with E-state index < -0.39 is 11.7 Å². The average molecular weight is 338 g/mol. The molecule has 2 N–H and O–H groups in total. The number of benzene rings is 2. The van der Waals surface area contributed by atoms with Gasteiger partial charge in [-0.2, -0.15) is 0 Å². The summed E-state index contributed by atoms with van der Waals surface area (Å²) in [6, 6.07) is 13.1. The Hall–Kier alpha value is -3.48. The second-order valence-electron chi connectivity index (χ2n) is 5.07. The number of amides is 1. The number of nitrogens with one attached hydrogen (secondary N) is 2. The number of carbonyl (C=O) groups is 1. The number of methoxy groups -OCH3 is 1. The van der Waals surface area contributed by atoms with Gasteiger partial charge in [0, 0.05) is 5.69 Å². The molecule has 1 heterocycles. The minimum Gasteiger partial charge on any atom is -0.497 e. The number of aromatic nitrogens is 2. The Balaban J connectivity index is 1.66. The number of ether oxygens (including phenoxy) is 1. The number of anilines is 3. The van der Waals surface area contributed by atoms with Crippen LogP contribution >= 0.6 is 0 Å². The summed E-state index contributed by atoms with van der Waals surface area (Å²) in [6.45, 7) is 0. The minimum atomic E-state index is -0.398. The van der Waals surface area contributed by atoms with Gasteiger partial charge in [-0.25, -0.2) is 14.4 Å². The number of hydrogen-bond donors (Lipinski definition) is 2. The minimum absolute atomic E-state index is 0.148. The van der Waals surface area contributed by atoms with Crippen LogP contribution < -0.4 is 15.4 Å². The van der Waals surface area contributed by atoms with Gasteiger partial charge >= 0.3 is 0 Å². The summed E-state index contributed by atoms with van der Waals surface area (Å²) < 4.78 is 18.7. The molecular weight excluding hydrogens is 323 g/mol. The molecule has 0 saturated carbocycles. The van der Waals surface area contributed by atoms with Crippen molar-refractivity contribution in [3.05, 3.63) is 72.4 Å². The van der Waals surface area contributed by atoms with Crippen LogP contribution in [-0.2, 0) is 0 Å². The first-order chi connectivity index (χ1) is 12.2. The van der Waals surface area contributed by atoms with Crippen molar-refractivity contribution in [1.82, 2.24) is 9.97 Å². The maximum Gasteiger partial charge on any atom is 0.275 e. The third kappa shape index (κ3) is 4.08. The molecule has 0 aliphatic carbocycles. The standard InChI is InChI=1S/C18H15FN4O2/c1-25-13-8-6-12(7-9-13)22-18(24)16-10-21-17(11-20-16)23-15-5-3-2-4-14(15)19/h2-11H,1H3,(H,21,23)(H,22,24). The number of halogens is 1. The molecule has 25 heavy (non-hydrogen) atoms. The number of para-hydroxylation sites is 1. The molecule has 1 amide bonds. The third-order valence-electron chi connectivity index (χ3n) is 3.37. The molecule has 6 nitrogen and oxygen atoms in total. The summed E-state index contributed by atoms with van der Waals surface area (Å²) in [7, 11) is 1.57. The molecule has 7 heteroatoms. The van der Waals surface area contributed by atoms with E-state index in [0.29, 0.717) is 17.3 Å². The summed E-state index contributed by atoms with van der Waals surface area (Å²) in [4.78, 5) is 20.3. The van der Waals surface area contributed by atoms with Crippen molar-refractivity contribution < 1.29 is 13.9 Å². The van der Waals surface area contributed by atoms with Gasteiger partial charge in [0.25, 0.3) is 5.91 Å². The van der Waals surface area contributed by atoms with Crippen molar-refractivity contribution in [3.63, 3.8) is 0 Å². The molecule has 0 saturated heterocycles. The summed E-state index contributed by atoms with van der Waals surface area (Å²) in [5.41, 5.74) is 1.04. The van der Waals surface area contributed by atoms with Gasteiger partial charge in [0.05, 0.1) is 25.2 Å². The quantitative estimate of drug-likeness (QED) is 0.743. The lowest BCUT2D eigenvalue weighted by Gasteiger charge is -2.08. The molecule has 126 valence electrons. The van der Waals surface area contributed by atoms with Crippen LogP contribution in [-0.4, -0.2) is 23.0 Å². The van der Waals surface area contributed by atoms with E-state index in [4.69, 9.17) is 4.74 Å². The molecule has 0 aliphatic heterocycles. The molecule has 0 fully saturated rings. The van der Waals surface area contributed by atoms with Crippen LogP contribution in [0, 0.1) is 5.82 Å². The molecule has 0 spiro atoms. The van der Waals surface area contributed by atoms with Crippen LogP contribution in [0.4, 0.5) is 21.6 Å². The lowest BCUT2D eigenvalue weighted by atomic mass is 10.3. The summed E-state index contributed by atoms with van der Waals surface area (Å²) >= 11 is 0. The third-order valence-corrected chi connectivity index (χ3v) is 3.37. The highest BCUT2D eigenvalue weighted by Gasteiger charge is 2.09. The number of rotatable bonds is 5. The van der Waals surface area contributed by atoms with Crippen molar-refractivity contribution in [1.29, 1.82) is 0 Å². The van der Waals surface area contributed by atoms with E-state index >= 15 is 0 Å². The molecule has 3 aromatic rings. The Morgan fingerprint density at radius 3 is 2.44 bits per heavy atom. The van der Waals surface area contributed by atoms with Gasteiger partial charge in [-0.15, -0.1) is 0 Å². The maximum absolute atomic E-state index is 13.6. The Labute approximate surface area is 143 Å². The highest BCUT2D eigenvalue weighted by molar-refractivity contribution is 6.02. The van der Waals surface area contributed by atoms with Crippen molar-refractivity contribution in [2.75, 3.05) is 17.7 Å². The van der Waals surface area contributed by atoms with Gasteiger partial charge in [-0.1, -0.05) is 12.1 Å². The van der Waals surface area contributed by atoms with Crippen LogP contribution in [0.2, 0.25) is 0 Å². The zero-order chi connectivity index (χ0) is 17.6. The molecular formula is C18H15FN4O2. The first kappa shape index (κ1) is 16.4. The second kappa shape index (κ2) is 7.39. The second-order valence-corrected chi connectivity index (χ2v) is 5.07. The highest BCUT2D eigenvalue weighted by atomic mass is 19.1. The van der Waals surface area contributed by atoms with E-state index in [1.807, 2.05) is 0 Å². The van der Waals surface area contributed by atoms with E-state index in [1.165, 1.54) is 18.5 Å². The van der Waals surface area contributed by atoms with E-state index in [-0.39, 0.29) is 11.4 Å². The Bertz CT molecular complexity index is 867. The van der Waals surface area contributed by atoms with Crippen LogP contribution in [0.5, 0.6) is 5.75 Å². The Morgan fingerprint density at radius 1 is 1.04 bits per heavy atom. The summed E-state index contributed by atoms with van der Waals surface area (Å²) in [5, 5.41) is 5.52. The Morgan fingerprint density at radius 2 is 1.80 bits per heavy atom. The highest BCUT2D eigenvalue weighted by Crippen LogP contribution is 2.18. The fraction of sp³-hybridized carbons (Fsp3) is 0.0556. The average Bonchev–Trinajstić information content (AvgIpc) is 2.65. The lowest BCUT2D eigenvalue weighted by molar-refractivity contribution is 0.102. The van der Waals surface area contributed by atoms with Crippen LogP contribution in [0.3, 0.4) is 0 Å². The monoisotopic (exact) mass is 338 g/mol. The Kier molecular flexibility index (Phi) is 4.84. The largest absolute Gasteiger partial charge is 0.497 e. The molecule has 0 aliphatic rings. The zero-order valence-corrected chi connectivity index (χ0v) is 13.4. The van der Waals surface area contributed by atoms with Crippen molar-refractivity contribution >= 4 is 23.1 Å². The van der Waals surface area contributed by atoms with Gasteiger partial charge in [0.1, 0.15) is 23.1 Å². The fourth-order valence-electron chi connectivity index (χ4n) is 2.08. The van der Waals surface area contributed by atoms with Crippen molar-refractivity contribution in [2.24, 2.45) is 0 Å². The van der Waals surface area contributed by atoms with Gasteiger partial charge in [0.2, 0.25) is 0 Å². The number of hydrogen-bond acceptors (Lipinski definition) is 5. The fourth-order valence-corrected chi connectivity index (χ4v) is 2.08. The molecule has 0 atom stereocenters. The first-order valence-electron chi connectivity index (χ1n) is 7.45. The maximum atomic E-state index is 13.6. The predicted octanol–water partition coefficient (Wildman–Crippen LogP) is 3.62. The van der Waals surface area contributed by atoms with Crippen LogP contribution in [0.15, 0.2) is 60.9 Å². The number of nitrogens with zero attached hydrogens (tertiary/aromatic N) is 2. The topological polar surface area (TPSA) is 76.1 Å². The molecule has 0 radical (unpaired) electrons. The SMILES string of the molecule is COc1ccc(NC(=O)c2cnc(Nc3ccccc3F)cn2)cc1. The first-order valence-corrected chi connectivity index (χ1v) is 7.45. The normalized spacial score (nSPS) is 10.2. The van der Waals surface area contributed by atoms with Crippen LogP contribution in [0.1, 0.15) is 10.5 Å². The van der Waals surface area contributed by atoms with Crippen molar-refractivity contribution in [3.8, 4) is 5.75 Å². The van der Waals surface area contributed by atoms with Crippen molar-refractivity contribution in [2.45, 2.75) is 0 Å². The van der Waals surface area contributed by atoms with E-state index in [9.17, 15) is 9.18 Å². The van der Waals surface area contributed by atoms with Crippen LogP contribution in [0.25, 0.3) is 0 Å². The molecule has 1 aromatic heterocycles. The molecule has 2 aromatic carbocycles. The summed E-state index contributed by atoms with van der Waals surface area (Å²) in [5.74, 6) is 0.244. The van der Waals surface area contributed by atoms with E-state index in [1.54, 1.807) is 49.6 Å². The van der Waals surface area contributed by atoms with Gasteiger partial charge in [0.15, 0.2) is 0 Å². The van der Waals surface area contributed by atoms with E-state index in [2.05, 4.69) is 20.6 Å². The molecule has 0 bridgehead atoms. The lowest BCUT2D eigenvalue weighted by Crippen LogP contribution is -2.14. The smallest absolute Gasteiger partial charge is 0.275 e. The predicted molar refractivity (Wildman–Crippen MR) is 92.7 cm³/mol. The molecule has 0 unspecified atom stereocenters. The van der Waals surface area contributed by atoms with Gasteiger partial charge in [-0.05, 0) is 36.4 Å². The zero-order valence-electron chi connectivity index (χ0n) is 13.4. The summed E-state index contributed by atoms with van der Waals surface area (Å²) in [6.07, 6.45) is 2.69. The van der Waals surface area contributed by atoms with E-state index in [0.717, 1.165) is 0 Å². The van der Waals surface area contributed by atoms with Gasteiger partial charge in [-0.3, -0.25) is 4.79 Å².